The van der Waals surface area contributed by atoms with Crippen molar-refractivity contribution in [3.05, 3.63) is 34.1 Å². The number of rotatable bonds is 3. The van der Waals surface area contributed by atoms with E-state index < -0.39 is 0 Å². The lowest BCUT2D eigenvalue weighted by atomic mass is 10.2. The summed E-state index contributed by atoms with van der Waals surface area (Å²) in [6, 6.07) is 4.75. The molecule has 1 aromatic carbocycles. The van der Waals surface area contributed by atoms with Crippen molar-refractivity contribution in [2.24, 2.45) is 5.92 Å². The quantitative estimate of drug-likeness (QED) is 0.900. The van der Waals surface area contributed by atoms with Gasteiger partial charge in [-0.2, -0.15) is 0 Å². The van der Waals surface area contributed by atoms with E-state index in [0.29, 0.717) is 11.0 Å². The van der Waals surface area contributed by atoms with Crippen LogP contribution in [0.2, 0.25) is 0 Å². The third kappa shape index (κ3) is 2.78. The summed E-state index contributed by atoms with van der Waals surface area (Å²) in [5.74, 6) is 0.0385. The molecule has 1 fully saturated rings. The lowest BCUT2D eigenvalue weighted by molar-refractivity contribution is -0.122. The van der Waals surface area contributed by atoms with Crippen LogP contribution in [0, 0.1) is 11.7 Å². The molecule has 80 valence electrons. The first-order chi connectivity index (χ1) is 7.16. The molecule has 0 bridgehead atoms. The zero-order valence-corrected chi connectivity index (χ0v) is 9.68. The smallest absolute Gasteiger partial charge is 0.223 e. The van der Waals surface area contributed by atoms with Crippen molar-refractivity contribution in [1.82, 2.24) is 5.32 Å². The minimum atomic E-state index is -0.285. The Kier molecular flexibility index (Phi) is 3.05. The van der Waals surface area contributed by atoms with Gasteiger partial charge in [-0.15, -0.1) is 0 Å². The molecule has 0 unspecified atom stereocenters. The second-order valence-electron chi connectivity index (χ2n) is 3.74. The average Bonchev–Trinajstić information content (AvgIpc) is 3.03. The van der Waals surface area contributed by atoms with Crippen LogP contribution in [0.25, 0.3) is 0 Å². The van der Waals surface area contributed by atoms with Crippen molar-refractivity contribution < 1.29 is 9.18 Å². The number of hydrogen-bond donors (Lipinski definition) is 1. The van der Waals surface area contributed by atoms with Crippen LogP contribution in [0.15, 0.2) is 22.7 Å². The molecule has 0 heterocycles. The van der Waals surface area contributed by atoms with E-state index in [-0.39, 0.29) is 17.6 Å². The zero-order chi connectivity index (χ0) is 10.8. The summed E-state index contributed by atoms with van der Waals surface area (Å²) in [7, 11) is 0. The molecular weight excluding hydrogens is 261 g/mol. The standard InChI is InChI=1S/C11H11BrFNO/c12-9-5-7(1-4-10(9)13)6-14-11(15)8-2-3-8/h1,4-5,8H,2-3,6H2,(H,14,15). The summed E-state index contributed by atoms with van der Waals surface area (Å²) in [6.07, 6.45) is 2.00. The maximum atomic E-state index is 12.9. The van der Waals surface area contributed by atoms with E-state index in [2.05, 4.69) is 21.2 Å². The van der Waals surface area contributed by atoms with Gasteiger partial charge in [0.1, 0.15) is 5.82 Å². The third-order valence-corrected chi connectivity index (χ3v) is 3.01. The SMILES string of the molecule is O=C(NCc1ccc(F)c(Br)c1)C1CC1. The monoisotopic (exact) mass is 271 g/mol. The minimum absolute atomic E-state index is 0.107. The van der Waals surface area contributed by atoms with E-state index >= 15 is 0 Å². The molecule has 2 nitrogen and oxygen atoms in total. The van der Waals surface area contributed by atoms with Gasteiger partial charge < -0.3 is 5.32 Å². The Labute approximate surface area is 96.0 Å². The zero-order valence-electron chi connectivity index (χ0n) is 8.09. The number of halogens is 2. The number of amides is 1. The van der Waals surface area contributed by atoms with Gasteiger partial charge in [0.25, 0.3) is 0 Å². The van der Waals surface area contributed by atoms with E-state index in [1.54, 1.807) is 12.1 Å². The van der Waals surface area contributed by atoms with E-state index in [1.165, 1.54) is 6.07 Å². The Bertz CT molecular complexity index is 390. The molecule has 0 saturated heterocycles. The van der Waals surface area contributed by atoms with Gasteiger partial charge in [0.15, 0.2) is 0 Å². The van der Waals surface area contributed by atoms with Crippen LogP contribution in [0.5, 0.6) is 0 Å². The van der Waals surface area contributed by atoms with Crippen LogP contribution >= 0.6 is 15.9 Å². The number of carbonyl (C=O) groups is 1. The fourth-order valence-electron chi connectivity index (χ4n) is 1.33. The maximum absolute atomic E-state index is 12.9. The largest absolute Gasteiger partial charge is 0.352 e. The second-order valence-corrected chi connectivity index (χ2v) is 4.59. The van der Waals surface area contributed by atoms with Crippen molar-refractivity contribution in [1.29, 1.82) is 0 Å². The van der Waals surface area contributed by atoms with Crippen molar-refractivity contribution >= 4 is 21.8 Å². The summed E-state index contributed by atoms with van der Waals surface area (Å²) >= 11 is 3.11. The Morgan fingerprint density at radius 2 is 2.27 bits per heavy atom. The summed E-state index contributed by atoms with van der Waals surface area (Å²) in [4.78, 5) is 11.3. The molecular formula is C11H11BrFNO. The summed E-state index contributed by atoms with van der Waals surface area (Å²) in [5, 5.41) is 2.83. The van der Waals surface area contributed by atoms with Crippen LogP contribution in [0.4, 0.5) is 4.39 Å². The van der Waals surface area contributed by atoms with Crippen LogP contribution in [-0.2, 0) is 11.3 Å². The van der Waals surface area contributed by atoms with Crippen molar-refractivity contribution in [2.75, 3.05) is 0 Å². The van der Waals surface area contributed by atoms with Crippen molar-refractivity contribution in [2.45, 2.75) is 19.4 Å². The third-order valence-electron chi connectivity index (χ3n) is 2.40. The lowest BCUT2D eigenvalue weighted by Gasteiger charge is -2.05. The van der Waals surface area contributed by atoms with Gasteiger partial charge in [-0.1, -0.05) is 6.07 Å². The highest BCUT2D eigenvalue weighted by Crippen LogP contribution is 2.28. The maximum Gasteiger partial charge on any atom is 0.223 e. The fraction of sp³-hybridized carbons (Fsp3) is 0.364. The van der Waals surface area contributed by atoms with Gasteiger partial charge in [0, 0.05) is 12.5 Å². The molecule has 1 aliphatic carbocycles. The van der Waals surface area contributed by atoms with E-state index in [9.17, 15) is 9.18 Å². The first-order valence-corrected chi connectivity index (χ1v) is 5.68. The average molecular weight is 272 g/mol. The molecule has 1 amide bonds. The highest BCUT2D eigenvalue weighted by Gasteiger charge is 2.29. The predicted molar refractivity (Wildman–Crippen MR) is 58.7 cm³/mol. The van der Waals surface area contributed by atoms with E-state index in [1.807, 2.05) is 0 Å². The normalized spacial score (nSPS) is 15.1. The Morgan fingerprint density at radius 1 is 1.53 bits per heavy atom. The number of carbonyl (C=O) groups excluding carboxylic acids is 1. The summed E-state index contributed by atoms with van der Waals surface area (Å²) in [6.45, 7) is 0.466. The minimum Gasteiger partial charge on any atom is -0.352 e. The van der Waals surface area contributed by atoms with Gasteiger partial charge >= 0.3 is 0 Å². The molecule has 0 atom stereocenters. The Balaban J connectivity index is 1.92. The summed E-state index contributed by atoms with van der Waals surface area (Å²) in [5.41, 5.74) is 0.900. The molecule has 0 spiro atoms. The topological polar surface area (TPSA) is 29.1 Å². The van der Waals surface area contributed by atoms with Crippen LogP contribution in [0.1, 0.15) is 18.4 Å². The van der Waals surface area contributed by atoms with Crippen LogP contribution in [-0.4, -0.2) is 5.91 Å². The molecule has 1 N–H and O–H groups in total. The summed E-state index contributed by atoms with van der Waals surface area (Å²) < 4.78 is 13.3. The molecule has 0 aliphatic heterocycles. The molecule has 2 rings (SSSR count). The molecule has 0 radical (unpaired) electrons. The predicted octanol–water partition coefficient (Wildman–Crippen LogP) is 2.61. The number of hydrogen-bond acceptors (Lipinski definition) is 1. The highest BCUT2D eigenvalue weighted by atomic mass is 79.9. The van der Waals surface area contributed by atoms with Gasteiger partial charge in [0.2, 0.25) is 5.91 Å². The van der Waals surface area contributed by atoms with Crippen LogP contribution in [0.3, 0.4) is 0 Å². The second kappa shape index (κ2) is 4.31. The van der Waals surface area contributed by atoms with Gasteiger partial charge in [-0.3, -0.25) is 4.79 Å². The molecule has 1 saturated carbocycles. The van der Waals surface area contributed by atoms with E-state index in [4.69, 9.17) is 0 Å². The van der Waals surface area contributed by atoms with Crippen molar-refractivity contribution in [3.8, 4) is 0 Å². The molecule has 0 aromatic heterocycles. The number of benzene rings is 1. The van der Waals surface area contributed by atoms with Gasteiger partial charge in [-0.05, 0) is 46.5 Å². The fourth-order valence-corrected chi connectivity index (χ4v) is 1.75. The lowest BCUT2D eigenvalue weighted by Crippen LogP contribution is -2.24. The first kappa shape index (κ1) is 10.6. The molecule has 1 aromatic rings. The van der Waals surface area contributed by atoms with Crippen LogP contribution < -0.4 is 5.32 Å². The van der Waals surface area contributed by atoms with Crippen molar-refractivity contribution in [3.63, 3.8) is 0 Å². The Hall–Kier alpha value is -0.900. The Morgan fingerprint density at radius 3 is 2.87 bits per heavy atom. The highest BCUT2D eigenvalue weighted by molar-refractivity contribution is 9.10. The molecule has 4 heteroatoms. The van der Waals surface area contributed by atoms with Gasteiger partial charge in [0.05, 0.1) is 4.47 Å². The molecule has 1 aliphatic rings. The first-order valence-electron chi connectivity index (χ1n) is 4.88. The molecule has 15 heavy (non-hydrogen) atoms. The van der Waals surface area contributed by atoms with Gasteiger partial charge in [-0.25, -0.2) is 4.39 Å². The number of nitrogens with one attached hydrogen (secondary N) is 1. The van der Waals surface area contributed by atoms with E-state index in [0.717, 1.165) is 18.4 Å².